The number of aliphatic hydroxyl groups is 1. The van der Waals surface area contributed by atoms with Crippen molar-refractivity contribution in [3.8, 4) is 5.75 Å². The average molecular weight is 289 g/mol. The first-order valence-corrected chi connectivity index (χ1v) is 6.21. The van der Waals surface area contributed by atoms with Gasteiger partial charge in [-0.25, -0.2) is 0 Å². The lowest BCUT2D eigenvalue weighted by molar-refractivity contribution is -0.384. The van der Waals surface area contributed by atoms with Gasteiger partial charge in [-0.05, 0) is 6.07 Å². The molecule has 7 heteroatoms. The standard InChI is InChI=1S/C14H15N3O4/c15-16-14-11(5-3-6-12(14)17(19)20)9-21-13-7-2-1-4-10(13)8-18/h1-7,16,18H,8-9,15H2. The van der Waals surface area contributed by atoms with Crippen LogP contribution < -0.4 is 16.0 Å². The second kappa shape index (κ2) is 6.69. The maximum atomic E-state index is 10.9. The van der Waals surface area contributed by atoms with Crippen molar-refractivity contribution in [2.75, 3.05) is 5.43 Å². The van der Waals surface area contributed by atoms with E-state index >= 15 is 0 Å². The second-order valence-corrected chi connectivity index (χ2v) is 4.27. The monoisotopic (exact) mass is 289 g/mol. The Bertz CT molecular complexity index is 646. The summed E-state index contributed by atoms with van der Waals surface area (Å²) in [5, 5.41) is 20.2. The average Bonchev–Trinajstić information content (AvgIpc) is 2.52. The molecule has 0 aliphatic heterocycles. The lowest BCUT2D eigenvalue weighted by atomic mass is 10.1. The number of aliphatic hydroxyl groups excluding tert-OH is 1. The predicted octanol–water partition coefficient (Wildman–Crippen LogP) is 1.95. The molecule has 0 atom stereocenters. The smallest absolute Gasteiger partial charge is 0.294 e. The number of ether oxygens (including phenoxy) is 1. The number of nitrogens with one attached hydrogen (secondary N) is 1. The maximum Gasteiger partial charge on any atom is 0.294 e. The molecular formula is C14H15N3O4. The topological polar surface area (TPSA) is 111 Å². The zero-order chi connectivity index (χ0) is 15.2. The van der Waals surface area contributed by atoms with E-state index in [1.165, 1.54) is 6.07 Å². The van der Waals surface area contributed by atoms with E-state index in [4.69, 9.17) is 10.6 Å². The number of nitro benzene ring substituents is 1. The predicted molar refractivity (Wildman–Crippen MR) is 77.6 cm³/mol. The van der Waals surface area contributed by atoms with Crippen molar-refractivity contribution >= 4 is 11.4 Å². The molecule has 0 fully saturated rings. The van der Waals surface area contributed by atoms with Crippen LogP contribution >= 0.6 is 0 Å². The Morgan fingerprint density at radius 2 is 1.90 bits per heavy atom. The molecule has 0 spiro atoms. The van der Waals surface area contributed by atoms with E-state index in [2.05, 4.69) is 5.43 Å². The highest BCUT2D eigenvalue weighted by Crippen LogP contribution is 2.28. The highest BCUT2D eigenvalue weighted by molar-refractivity contribution is 5.65. The van der Waals surface area contributed by atoms with E-state index in [0.29, 0.717) is 16.9 Å². The van der Waals surface area contributed by atoms with Crippen LogP contribution in [0.15, 0.2) is 42.5 Å². The van der Waals surface area contributed by atoms with Gasteiger partial charge < -0.3 is 15.3 Å². The summed E-state index contributed by atoms with van der Waals surface area (Å²) in [5.74, 6) is 5.89. The fraction of sp³-hybridized carbons (Fsp3) is 0.143. The van der Waals surface area contributed by atoms with Crippen molar-refractivity contribution in [3.05, 3.63) is 63.7 Å². The summed E-state index contributed by atoms with van der Waals surface area (Å²) in [6.45, 7) is -0.0503. The van der Waals surface area contributed by atoms with Crippen LogP contribution in [0.4, 0.5) is 11.4 Å². The number of para-hydroxylation sites is 2. The number of nitrogen functional groups attached to an aromatic ring is 1. The summed E-state index contributed by atoms with van der Waals surface area (Å²) in [6.07, 6.45) is 0. The molecule has 2 aromatic rings. The second-order valence-electron chi connectivity index (χ2n) is 4.27. The van der Waals surface area contributed by atoms with Crippen molar-refractivity contribution in [3.63, 3.8) is 0 Å². The quantitative estimate of drug-likeness (QED) is 0.426. The zero-order valence-electron chi connectivity index (χ0n) is 11.2. The molecule has 110 valence electrons. The van der Waals surface area contributed by atoms with E-state index in [1.807, 2.05) is 0 Å². The summed E-state index contributed by atoms with van der Waals surface area (Å²) in [4.78, 5) is 10.4. The third-order valence-electron chi connectivity index (χ3n) is 3.00. The molecule has 0 aliphatic rings. The third kappa shape index (κ3) is 3.28. The van der Waals surface area contributed by atoms with E-state index < -0.39 is 4.92 Å². The molecule has 0 heterocycles. The first-order valence-electron chi connectivity index (χ1n) is 6.21. The summed E-state index contributed by atoms with van der Waals surface area (Å²) >= 11 is 0. The molecule has 2 aromatic carbocycles. The van der Waals surface area contributed by atoms with Gasteiger partial charge in [-0.1, -0.05) is 30.3 Å². The highest BCUT2D eigenvalue weighted by Gasteiger charge is 2.17. The number of nitro groups is 1. The Kier molecular flexibility index (Phi) is 4.70. The molecule has 0 bridgehead atoms. The van der Waals surface area contributed by atoms with Crippen molar-refractivity contribution in [1.29, 1.82) is 0 Å². The fourth-order valence-electron chi connectivity index (χ4n) is 1.96. The van der Waals surface area contributed by atoms with Crippen LogP contribution in [0.5, 0.6) is 5.75 Å². The summed E-state index contributed by atoms with van der Waals surface area (Å²) in [6, 6.07) is 11.6. The van der Waals surface area contributed by atoms with Crippen LogP contribution in [-0.4, -0.2) is 10.0 Å². The fourth-order valence-corrected chi connectivity index (χ4v) is 1.96. The van der Waals surface area contributed by atoms with Crippen molar-refractivity contribution in [2.45, 2.75) is 13.2 Å². The number of benzene rings is 2. The van der Waals surface area contributed by atoms with Gasteiger partial charge in [0.25, 0.3) is 5.69 Å². The lowest BCUT2D eigenvalue weighted by Crippen LogP contribution is -2.12. The van der Waals surface area contributed by atoms with Gasteiger partial charge in [0.15, 0.2) is 0 Å². The minimum atomic E-state index is -0.514. The van der Waals surface area contributed by atoms with Gasteiger partial charge in [-0.15, -0.1) is 0 Å². The third-order valence-corrected chi connectivity index (χ3v) is 3.00. The molecule has 0 amide bonds. The SMILES string of the molecule is NNc1c(COc2ccccc2CO)cccc1[N+](=O)[O-]. The Balaban J connectivity index is 2.24. The summed E-state index contributed by atoms with van der Waals surface area (Å²) in [7, 11) is 0. The molecular weight excluding hydrogens is 274 g/mol. The number of hydrogen-bond donors (Lipinski definition) is 3. The molecule has 0 saturated carbocycles. The Hall–Kier alpha value is -2.64. The summed E-state index contributed by atoms with van der Waals surface area (Å²) < 4.78 is 5.61. The Morgan fingerprint density at radius 1 is 1.19 bits per heavy atom. The first-order chi connectivity index (χ1) is 10.2. The molecule has 0 radical (unpaired) electrons. The molecule has 0 aromatic heterocycles. The van der Waals surface area contributed by atoms with Gasteiger partial charge in [0, 0.05) is 17.2 Å². The number of rotatable bonds is 6. The van der Waals surface area contributed by atoms with Gasteiger partial charge >= 0.3 is 0 Å². The van der Waals surface area contributed by atoms with Gasteiger partial charge in [0.05, 0.1) is 11.5 Å². The Labute approximate surface area is 121 Å². The molecule has 0 saturated heterocycles. The number of hydrazine groups is 1. The highest BCUT2D eigenvalue weighted by atomic mass is 16.6. The molecule has 0 aliphatic carbocycles. The number of nitrogens with two attached hydrogens (primary N) is 1. The van der Waals surface area contributed by atoms with Gasteiger partial charge in [0.2, 0.25) is 0 Å². The van der Waals surface area contributed by atoms with Crippen molar-refractivity contribution < 1.29 is 14.8 Å². The zero-order valence-corrected chi connectivity index (χ0v) is 11.2. The van der Waals surface area contributed by atoms with Crippen LogP contribution in [0.1, 0.15) is 11.1 Å². The lowest BCUT2D eigenvalue weighted by Gasteiger charge is -2.12. The molecule has 0 unspecified atom stereocenters. The molecule has 21 heavy (non-hydrogen) atoms. The van der Waals surface area contributed by atoms with E-state index in [1.54, 1.807) is 36.4 Å². The van der Waals surface area contributed by atoms with Crippen molar-refractivity contribution in [1.82, 2.24) is 0 Å². The van der Waals surface area contributed by atoms with Crippen molar-refractivity contribution in [2.24, 2.45) is 5.84 Å². The van der Waals surface area contributed by atoms with Crippen LogP contribution in [0.3, 0.4) is 0 Å². The van der Waals surface area contributed by atoms with Crippen LogP contribution in [0.2, 0.25) is 0 Å². The first kappa shape index (κ1) is 14.8. The van der Waals surface area contributed by atoms with Crippen LogP contribution in [-0.2, 0) is 13.2 Å². The largest absolute Gasteiger partial charge is 0.488 e. The Morgan fingerprint density at radius 3 is 2.57 bits per heavy atom. The molecule has 7 nitrogen and oxygen atoms in total. The van der Waals surface area contributed by atoms with E-state index in [9.17, 15) is 15.2 Å². The number of hydrogen-bond acceptors (Lipinski definition) is 6. The normalized spacial score (nSPS) is 10.2. The number of nitrogens with zero attached hydrogens (tertiary/aromatic N) is 1. The summed E-state index contributed by atoms with van der Waals surface area (Å²) in [5.41, 5.74) is 3.63. The van der Waals surface area contributed by atoms with E-state index in [-0.39, 0.29) is 24.6 Å². The molecule has 4 N–H and O–H groups in total. The van der Waals surface area contributed by atoms with Gasteiger partial charge in [0.1, 0.15) is 18.0 Å². The number of anilines is 1. The van der Waals surface area contributed by atoms with Crippen LogP contribution in [0.25, 0.3) is 0 Å². The van der Waals surface area contributed by atoms with Crippen LogP contribution in [0, 0.1) is 10.1 Å². The van der Waals surface area contributed by atoms with Gasteiger partial charge in [-0.2, -0.15) is 0 Å². The van der Waals surface area contributed by atoms with E-state index in [0.717, 1.165) is 0 Å². The minimum absolute atomic E-state index is 0.0955. The molecule has 2 rings (SSSR count). The maximum absolute atomic E-state index is 10.9. The van der Waals surface area contributed by atoms with Gasteiger partial charge in [-0.3, -0.25) is 16.0 Å². The minimum Gasteiger partial charge on any atom is -0.488 e.